The lowest BCUT2D eigenvalue weighted by Crippen LogP contribution is -2.23. The summed E-state index contributed by atoms with van der Waals surface area (Å²) in [5.41, 5.74) is 0. The maximum absolute atomic E-state index is 10.8. The van der Waals surface area contributed by atoms with Crippen LogP contribution in [0.5, 0.6) is 0 Å². The van der Waals surface area contributed by atoms with Gasteiger partial charge in [-0.15, -0.1) is 0 Å². The van der Waals surface area contributed by atoms with E-state index in [9.17, 15) is 4.79 Å². The van der Waals surface area contributed by atoms with E-state index in [1.165, 1.54) is 7.11 Å². The Bertz CT molecular complexity index is 170. The van der Waals surface area contributed by atoms with Gasteiger partial charge in [-0.05, 0) is 13.8 Å². The summed E-state index contributed by atoms with van der Waals surface area (Å²) in [6.45, 7) is 3.49. The number of hydrogen-bond acceptors (Lipinski definition) is 6. The first kappa shape index (κ1) is 14.2. The molecule has 0 aliphatic rings. The second-order valence-electron chi connectivity index (χ2n) is 3.10. The molecule has 0 aromatic rings. The fraction of sp³-hybridized carbons (Fsp3) is 0.889. The highest BCUT2D eigenvalue weighted by atomic mass is 16.8. The lowest BCUT2D eigenvalue weighted by atomic mass is 10.4. The number of aliphatic hydroxyl groups excluding tert-OH is 1. The van der Waals surface area contributed by atoms with Gasteiger partial charge in [0, 0.05) is 7.11 Å². The highest BCUT2D eigenvalue weighted by Crippen LogP contribution is 1.96. The SMILES string of the molecule is COCOC(=O)OCC(C)OCC(C)O. The predicted molar refractivity (Wildman–Crippen MR) is 51.4 cm³/mol. The molecule has 0 saturated heterocycles. The van der Waals surface area contributed by atoms with Crippen molar-refractivity contribution in [2.75, 3.05) is 27.1 Å². The normalized spacial score (nSPS) is 14.4. The van der Waals surface area contributed by atoms with Crippen molar-refractivity contribution in [3.05, 3.63) is 0 Å². The van der Waals surface area contributed by atoms with E-state index >= 15 is 0 Å². The Hall–Kier alpha value is -0.850. The molecule has 0 radical (unpaired) electrons. The van der Waals surface area contributed by atoms with E-state index in [-0.39, 0.29) is 26.1 Å². The molecule has 0 aromatic heterocycles. The van der Waals surface area contributed by atoms with Crippen LogP contribution in [0.4, 0.5) is 4.79 Å². The largest absolute Gasteiger partial charge is 0.510 e. The van der Waals surface area contributed by atoms with Gasteiger partial charge in [0.2, 0.25) is 0 Å². The summed E-state index contributed by atoms with van der Waals surface area (Å²) < 4.78 is 18.8. The van der Waals surface area contributed by atoms with E-state index in [2.05, 4.69) is 9.47 Å². The summed E-state index contributed by atoms with van der Waals surface area (Å²) in [5.74, 6) is 0. The van der Waals surface area contributed by atoms with Crippen molar-refractivity contribution in [3.8, 4) is 0 Å². The molecule has 1 N–H and O–H groups in total. The summed E-state index contributed by atoms with van der Waals surface area (Å²) in [5, 5.41) is 8.92. The molecule has 0 aliphatic heterocycles. The third-order valence-electron chi connectivity index (χ3n) is 1.35. The van der Waals surface area contributed by atoms with Crippen LogP contribution in [0.25, 0.3) is 0 Å². The van der Waals surface area contributed by atoms with Gasteiger partial charge >= 0.3 is 6.16 Å². The molecule has 6 nitrogen and oxygen atoms in total. The Morgan fingerprint density at radius 1 is 1.27 bits per heavy atom. The van der Waals surface area contributed by atoms with Gasteiger partial charge in [0.15, 0.2) is 6.79 Å². The number of carbonyl (C=O) groups excluding carboxylic acids is 1. The Morgan fingerprint density at radius 3 is 2.47 bits per heavy atom. The van der Waals surface area contributed by atoms with Crippen molar-refractivity contribution in [2.24, 2.45) is 0 Å². The van der Waals surface area contributed by atoms with Crippen molar-refractivity contribution < 1.29 is 28.8 Å². The molecule has 0 amide bonds. The second kappa shape index (κ2) is 8.46. The Morgan fingerprint density at radius 2 is 1.93 bits per heavy atom. The maximum atomic E-state index is 10.8. The maximum Gasteiger partial charge on any atom is 0.510 e. The zero-order chi connectivity index (χ0) is 11.7. The van der Waals surface area contributed by atoms with Gasteiger partial charge in [0.1, 0.15) is 6.61 Å². The van der Waals surface area contributed by atoms with E-state index in [0.29, 0.717) is 0 Å². The van der Waals surface area contributed by atoms with Gasteiger partial charge in [-0.25, -0.2) is 4.79 Å². The average Bonchev–Trinajstić information content (AvgIpc) is 2.20. The van der Waals surface area contributed by atoms with Crippen LogP contribution in [-0.2, 0) is 18.9 Å². The third kappa shape index (κ3) is 9.45. The summed E-state index contributed by atoms with van der Waals surface area (Å²) in [6.07, 6.45) is -1.62. The van der Waals surface area contributed by atoms with Crippen LogP contribution in [0, 0.1) is 0 Å². The van der Waals surface area contributed by atoms with Crippen molar-refractivity contribution in [1.29, 1.82) is 0 Å². The minimum absolute atomic E-state index is 0.0786. The smallest absolute Gasteiger partial charge is 0.431 e. The van der Waals surface area contributed by atoms with Gasteiger partial charge in [0.25, 0.3) is 0 Å². The summed E-state index contributed by atoms with van der Waals surface area (Å²) in [4.78, 5) is 10.8. The lowest BCUT2D eigenvalue weighted by molar-refractivity contribution is -0.0551. The molecular weight excluding hydrogens is 204 g/mol. The molecule has 6 heteroatoms. The Kier molecular flexibility index (Phi) is 7.98. The number of hydrogen-bond donors (Lipinski definition) is 1. The van der Waals surface area contributed by atoms with Crippen molar-refractivity contribution in [2.45, 2.75) is 26.1 Å². The molecule has 0 aromatic carbocycles. The predicted octanol–water partition coefficient (Wildman–Crippen LogP) is 0.529. The topological polar surface area (TPSA) is 74.2 Å². The molecule has 0 fully saturated rings. The van der Waals surface area contributed by atoms with Crippen molar-refractivity contribution >= 4 is 6.16 Å². The van der Waals surface area contributed by atoms with Crippen LogP contribution in [-0.4, -0.2) is 50.6 Å². The molecule has 0 bridgehead atoms. The minimum atomic E-state index is -0.802. The first-order valence-corrected chi connectivity index (χ1v) is 4.64. The molecule has 15 heavy (non-hydrogen) atoms. The molecule has 0 aliphatic carbocycles. The van der Waals surface area contributed by atoms with Gasteiger partial charge in [-0.2, -0.15) is 0 Å². The fourth-order valence-corrected chi connectivity index (χ4v) is 0.686. The van der Waals surface area contributed by atoms with Crippen LogP contribution in [0.15, 0.2) is 0 Å². The molecule has 0 saturated carbocycles. The molecule has 2 unspecified atom stereocenters. The van der Waals surface area contributed by atoms with Crippen molar-refractivity contribution in [1.82, 2.24) is 0 Å². The molecule has 0 spiro atoms. The zero-order valence-corrected chi connectivity index (χ0v) is 9.26. The Balaban J connectivity index is 3.44. The second-order valence-corrected chi connectivity index (χ2v) is 3.10. The number of aliphatic hydroxyl groups is 1. The number of methoxy groups -OCH3 is 1. The number of rotatable bonds is 7. The summed E-state index contributed by atoms with van der Waals surface area (Å²) in [7, 11) is 1.40. The molecule has 90 valence electrons. The van der Waals surface area contributed by atoms with E-state index in [0.717, 1.165) is 0 Å². The van der Waals surface area contributed by atoms with E-state index < -0.39 is 12.3 Å². The van der Waals surface area contributed by atoms with Crippen LogP contribution in [0.3, 0.4) is 0 Å². The van der Waals surface area contributed by atoms with Crippen LogP contribution >= 0.6 is 0 Å². The highest BCUT2D eigenvalue weighted by Gasteiger charge is 2.09. The standard InChI is InChI=1S/C9H18O6/c1-7(10)4-13-8(2)5-14-9(11)15-6-12-3/h7-8,10H,4-6H2,1-3H3. The van der Waals surface area contributed by atoms with E-state index in [1.54, 1.807) is 13.8 Å². The van der Waals surface area contributed by atoms with Gasteiger partial charge in [-0.1, -0.05) is 0 Å². The summed E-state index contributed by atoms with van der Waals surface area (Å²) in [6, 6.07) is 0. The van der Waals surface area contributed by atoms with Crippen molar-refractivity contribution in [3.63, 3.8) is 0 Å². The minimum Gasteiger partial charge on any atom is -0.431 e. The monoisotopic (exact) mass is 222 g/mol. The molecule has 2 atom stereocenters. The molecule has 0 rings (SSSR count). The highest BCUT2D eigenvalue weighted by molar-refractivity contribution is 5.59. The fourth-order valence-electron chi connectivity index (χ4n) is 0.686. The van der Waals surface area contributed by atoms with Gasteiger partial charge in [-0.3, -0.25) is 0 Å². The van der Waals surface area contributed by atoms with Crippen LogP contribution in [0.2, 0.25) is 0 Å². The summed E-state index contributed by atoms with van der Waals surface area (Å²) >= 11 is 0. The zero-order valence-electron chi connectivity index (χ0n) is 9.26. The van der Waals surface area contributed by atoms with Crippen LogP contribution < -0.4 is 0 Å². The van der Waals surface area contributed by atoms with E-state index in [4.69, 9.17) is 14.6 Å². The lowest BCUT2D eigenvalue weighted by Gasteiger charge is -2.14. The van der Waals surface area contributed by atoms with Crippen LogP contribution in [0.1, 0.15) is 13.8 Å². The van der Waals surface area contributed by atoms with Gasteiger partial charge in [0.05, 0.1) is 18.8 Å². The number of ether oxygens (including phenoxy) is 4. The molecule has 0 heterocycles. The number of carbonyl (C=O) groups is 1. The average molecular weight is 222 g/mol. The third-order valence-corrected chi connectivity index (χ3v) is 1.35. The first-order valence-electron chi connectivity index (χ1n) is 4.64. The molecular formula is C9H18O6. The van der Waals surface area contributed by atoms with Gasteiger partial charge < -0.3 is 24.1 Å². The van der Waals surface area contributed by atoms with E-state index in [1.807, 2.05) is 0 Å². The Labute approximate surface area is 89.1 Å². The first-order chi connectivity index (χ1) is 7.06. The quantitative estimate of drug-likeness (QED) is 0.500.